The third-order valence-electron chi connectivity index (χ3n) is 3.50. The summed E-state index contributed by atoms with van der Waals surface area (Å²) in [5.74, 6) is -6.74. The van der Waals surface area contributed by atoms with Crippen molar-refractivity contribution in [1.82, 2.24) is 5.06 Å². The van der Waals surface area contributed by atoms with Gasteiger partial charge in [-0.05, 0) is 12.5 Å². The highest BCUT2D eigenvalue weighted by molar-refractivity contribution is 5.75. The van der Waals surface area contributed by atoms with E-state index in [0.29, 0.717) is 5.56 Å². The number of esters is 1. The molecule has 1 fully saturated rings. The molecule has 0 spiro atoms. The first kappa shape index (κ1) is 16.7. The minimum Gasteiger partial charge on any atom is -0.466 e. The number of ether oxygens (including phenoxy) is 1. The molecular weight excluding hydrogens is 303 g/mol. The second-order valence-corrected chi connectivity index (χ2v) is 4.92. The average Bonchev–Trinajstić information content (AvgIpc) is 2.72. The molecule has 3 atom stereocenters. The second kappa shape index (κ2) is 5.86. The molecular formula is C14H16F3NO4. The van der Waals surface area contributed by atoms with Gasteiger partial charge in [-0.25, -0.2) is 0 Å². The van der Waals surface area contributed by atoms with Gasteiger partial charge < -0.3 is 9.84 Å². The van der Waals surface area contributed by atoms with Crippen molar-refractivity contribution in [1.29, 1.82) is 0 Å². The van der Waals surface area contributed by atoms with Gasteiger partial charge in [0.05, 0.1) is 12.6 Å². The molecule has 22 heavy (non-hydrogen) atoms. The maximum Gasteiger partial charge on any atom is 0.445 e. The van der Waals surface area contributed by atoms with Gasteiger partial charge in [0.1, 0.15) is 5.92 Å². The van der Waals surface area contributed by atoms with Crippen LogP contribution in [0.15, 0.2) is 30.3 Å². The van der Waals surface area contributed by atoms with Crippen molar-refractivity contribution in [3.63, 3.8) is 0 Å². The summed E-state index contributed by atoms with van der Waals surface area (Å²) in [6, 6.07) is 6.92. The molecule has 0 aromatic heterocycles. The van der Waals surface area contributed by atoms with Crippen LogP contribution in [0, 0.1) is 5.92 Å². The molecule has 1 aromatic carbocycles. The first-order valence-corrected chi connectivity index (χ1v) is 6.65. The number of carbonyl (C=O) groups is 1. The number of alkyl halides is 3. The lowest BCUT2D eigenvalue weighted by molar-refractivity contribution is -0.400. The zero-order valence-electron chi connectivity index (χ0n) is 12.0. The van der Waals surface area contributed by atoms with Crippen LogP contribution in [0.25, 0.3) is 0 Å². The van der Waals surface area contributed by atoms with Crippen LogP contribution in [0.1, 0.15) is 18.5 Å². The highest BCUT2D eigenvalue weighted by Gasteiger charge is 2.71. The van der Waals surface area contributed by atoms with E-state index in [9.17, 15) is 23.1 Å². The molecule has 0 aliphatic carbocycles. The van der Waals surface area contributed by atoms with Crippen molar-refractivity contribution in [3.05, 3.63) is 35.9 Å². The minimum atomic E-state index is -5.15. The molecule has 1 saturated heterocycles. The van der Waals surface area contributed by atoms with Crippen LogP contribution in [0.3, 0.4) is 0 Å². The molecule has 122 valence electrons. The predicted molar refractivity (Wildman–Crippen MR) is 69.2 cm³/mol. The Bertz CT molecular complexity index is 537. The molecule has 1 aliphatic heterocycles. The summed E-state index contributed by atoms with van der Waals surface area (Å²) in [4.78, 5) is 16.7. The number of benzene rings is 1. The molecule has 1 aliphatic rings. The van der Waals surface area contributed by atoms with E-state index >= 15 is 0 Å². The van der Waals surface area contributed by atoms with Crippen molar-refractivity contribution < 1.29 is 32.6 Å². The van der Waals surface area contributed by atoms with Gasteiger partial charge in [-0.3, -0.25) is 9.63 Å². The third-order valence-corrected chi connectivity index (χ3v) is 3.50. The summed E-state index contributed by atoms with van der Waals surface area (Å²) in [6.45, 7) is 1.37. The third kappa shape index (κ3) is 2.69. The SMILES string of the molecule is CCOC(=O)[C@@H]1[C@@H](c2ccccc2)N(C)O[C@@]1(O)C(F)(F)F. The van der Waals surface area contributed by atoms with Crippen LogP contribution in [0.2, 0.25) is 0 Å². The Morgan fingerprint density at radius 1 is 1.41 bits per heavy atom. The van der Waals surface area contributed by atoms with E-state index in [0.717, 1.165) is 5.06 Å². The Kier molecular flexibility index (Phi) is 4.46. The quantitative estimate of drug-likeness (QED) is 0.864. The maximum absolute atomic E-state index is 13.2. The first-order chi connectivity index (χ1) is 10.2. The van der Waals surface area contributed by atoms with Crippen LogP contribution in [0.5, 0.6) is 0 Å². The second-order valence-electron chi connectivity index (χ2n) is 4.92. The Morgan fingerprint density at radius 3 is 2.50 bits per heavy atom. The van der Waals surface area contributed by atoms with Gasteiger partial charge in [-0.15, -0.1) is 0 Å². The smallest absolute Gasteiger partial charge is 0.445 e. The van der Waals surface area contributed by atoms with Crippen LogP contribution in [-0.2, 0) is 14.4 Å². The molecule has 5 nitrogen and oxygen atoms in total. The monoisotopic (exact) mass is 319 g/mol. The summed E-state index contributed by atoms with van der Waals surface area (Å²) >= 11 is 0. The van der Waals surface area contributed by atoms with Crippen molar-refractivity contribution in [3.8, 4) is 0 Å². The van der Waals surface area contributed by atoms with Gasteiger partial charge in [0.25, 0.3) is 5.79 Å². The molecule has 1 N–H and O–H groups in total. The fourth-order valence-corrected chi connectivity index (χ4v) is 2.56. The number of hydroxylamine groups is 2. The molecule has 0 radical (unpaired) electrons. The molecule has 2 rings (SSSR count). The van der Waals surface area contributed by atoms with Gasteiger partial charge in [0.2, 0.25) is 0 Å². The number of hydrogen-bond acceptors (Lipinski definition) is 5. The van der Waals surface area contributed by atoms with E-state index in [-0.39, 0.29) is 6.61 Å². The lowest BCUT2D eigenvalue weighted by Crippen LogP contribution is -2.53. The van der Waals surface area contributed by atoms with Crippen LogP contribution in [0.4, 0.5) is 13.2 Å². The van der Waals surface area contributed by atoms with Gasteiger partial charge in [-0.1, -0.05) is 30.3 Å². The van der Waals surface area contributed by atoms with Crippen molar-refractivity contribution >= 4 is 5.97 Å². The van der Waals surface area contributed by atoms with E-state index in [1.807, 2.05) is 0 Å². The Balaban J connectivity index is 2.50. The molecule has 8 heteroatoms. The topological polar surface area (TPSA) is 59.0 Å². The number of carbonyl (C=O) groups excluding carboxylic acids is 1. The molecule has 1 heterocycles. The normalized spacial score (nSPS) is 29.5. The van der Waals surface area contributed by atoms with E-state index in [4.69, 9.17) is 4.74 Å². The van der Waals surface area contributed by atoms with E-state index in [1.165, 1.54) is 14.0 Å². The summed E-state index contributed by atoms with van der Waals surface area (Å²) < 4.78 is 44.5. The number of halogens is 3. The lowest BCUT2D eigenvalue weighted by atomic mass is 9.87. The average molecular weight is 319 g/mol. The highest BCUT2D eigenvalue weighted by atomic mass is 19.4. The van der Waals surface area contributed by atoms with Crippen LogP contribution >= 0.6 is 0 Å². The van der Waals surface area contributed by atoms with Crippen molar-refractivity contribution in [2.45, 2.75) is 24.9 Å². The molecule has 0 amide bonds. The zero-order chi connectivity index (χ0) is 16.5. The summed E-state index contributed by atoms with van der Waals surface area (Å²) in [6.07, 6.45) is -5.15. The van der Waals surface area contributed by atoms with Crippen molar-refractivity contribution in [2.24, 2.45) is 5.92 Å². The van der Waals surface area contributed by atoms with Crippen LogP contribution < -0.4 is 0 Å². The zero-order valence-corrected chi connectivity index (χ0v) is 12.0. The van der Waals surface area contributed by atoms with E-state index in [1.54, 1.807) is 30.3 Å². The number of rotatable bonds is 3. The highest BCUT2D eigenvalue weighted by Crippen LogP contribution is 2.51. The Hall–Kier alpha value is -1.64. The largest absolute Gasteiger partial charge is 0.466 e. The molecule has 0 bridgehead atoms. The van der Waals surface area contributed by atoms with E-state index < -0.39 is 29.9 Å². The standard InChI is InChI=1S/C14H16F3NO4/c1-3-21-12(19)10-11(9-7-5-4-6-8-9)18(2)22-13(10,20)14(15,16)17/h4-8,10-11,20H,3H2,1-2H3/t10-,11+,13+/m0/s1. The van der Waals surface area contributed by atoms with Gasteiger partial charge in [0.15, 0.2) is 0 Å². The fraction of sp³-hybridized carbons (Fsp3) is 0.500. The van der Waals surface area contributed by atoms with Gasteiger partial charge in [0, 0.05) is 7.05 Å². The molecule has 0 unspecified atom stereocenters. The summed E-state index contributed by atoms with van der Waals surface area (Å²) in [5.41, 5.74) is 0.406. The number of aliphatic hydroxyl groups is 1. The van der Waals surface area contributed by atoms with Gasteiger partial charge >= 0.3 is 12.1 Å². The van der Waals surface area contributed by atoms with E-state index in [2.05, 4.69) is 4.84 Å². The molecule has 1 aromatic rings. The maximum atomic E-state index is 13.2. The Labute approximate surface area is 125 Å². The predicted octanol–water partition coefficient (Wildman–Crippen LogP) is 2.03. The summed E-state index contributed by atoms with van der Waals surface area (Å²) in [5, 5.41) is 10.8. The summed E-state index contributed by atoms with van der Waals surface area (Å²) in [7, 11) is 1.23. The fourth-order valence-electron chi connectivity index (χ4n) is 2.56. The number of nitrogens with zero attached hydrogens (tertiary/aromatic N) is 1. The first-order valence-electron chi connectivity index (χ1n) is 6.65. The molecule has 0 saturated carbocycles. The van der Waals surface area contributed by atoms with Gasteiger partial charge in [-0.2, -0.15) is 18.2 Å². The number of hydrogen-bond donors (Lipinski definition) is 1. The van der Waals surface area contributed by atoms with Crippen molar-refractivity contribution in [2.75, 3.05) is 13.7 Å². The lowest BCUT2D eigenvalue weighted by Gasteiger charge is -2.29. The Morgan fingerprint density at radius 2 is 2.00 bits per heavy atom. The van der Waals surface area contributed by atoms with Crippen LogP contribution in [-0.4, -0.2) is 41.8 Å². The minimum absolute atomic E-state index is 0.103.